The molecule has 6 N–H and O–H groups in total. The van der Waals surface area contributed by atoms with Crippen LogP contribution in [0, 0.1) is 38.2 Å². The van der Waals surface area contributed by atoms with Gasteiger partial charge in [-0.15, -0.1) is 0 Å². The van der Waals surface area contributed by atoms with Gasteiger partial charge < -0.3 is 84.0 Å². The van der Waals surface area contributed by atoms with Crippen LogP contribution in [0.5, 0.6) is 34.9 Å². The monoisotopic (exact) mass is 1530 g/mol. The number of anilines is 8. The van der Waals surface area contributed by atoms with E-state index >= 15 is 13.2 Å². The first-order valence-electron chi connectivity index (χ1n) is 38.0. The molecular weight excluding hydrogens is 1450 g/mol. The highest BCUT2D eigenvalue weighted by molar-refractivity contribution is 6.04. The number of aryl methyl sites for hydroxylation is 3. The van der Waals surface area contributed by atoms with E-state index < -0.39 is 17.5 Å². The van der Waals surface area contributed by atoms with Crippen LogP contribution in [0.1, 0.15) is 73.0 Å². The van der Waals surface area contributed by atoms with Gasteiger partial charge in [-0.2, -0.15) is 0 Å². The van der Waals surface area contributed by atoms with Gasteiger partial charge in [-0.3, -0.25) is 19.3 Å². The van der Waals surface area contributed by atoms with Gasteiger partial charge in [0.15, 0.2) is 52.2 Å². The van der Waals surface area contributed by atoms with E-state index in [0.717, 1.165) is 124 Å². The number of nitrogens with one attached hydrogen (secondary N) is 6. The van der Waals surface area contributed by atoms with Gasteiger partial charge in [-0.25, -0.2) is 43.1 Å². The van der Waals surface area contributed by atoms with Crippen LogP contribution in [-0.4, -0.2) is 212 Å². The van der Waals surface area contributed by atoms with E-state index in [4.69, 9.17) is 23.7 Å². The lowest BCUT2D eigenvalue weighted by atomic mass is 10.1. The number of likely N-dealkylation sites (tertiary alicyclic amines) is 3. The average molecular weight is 1530 g/mol. The number of nitrogens with zero attached hydrogens (tertiary/aromatic N) is 13. The first kappa shape index (κ1) is 74.7. The number of aromatic amines is 3. The number of morpholine rings is 2. The van der Waals surface area contributed by atoms with Gasteiger partial charge in [0.25, 0.3) is 17.7 Å². The number of fused-ring (bicyclic) bond motifs is 3. The van der Waals surface area contributed by atoms with Gasteiger partial charge in [-0.05, 0) is 162 Å². The average Bonchev–Trinajstić information content (AvgIpc) is 1.77. The number of carbonyl (C=O) groups excluding carboxylic acids is 3. The van der Waals surface area contributed by atoms with Crippen LogP contribution in [0.25, 0.3) is 32.7 Å². The Morgan fingerprint density at radius 1 is 0.416 bits per heavy atom. The maximum absolute atomic E-state index is 15.3. The van der Waals surface area contributed by atoms with Crippen LogP contribution < -0.4 is 40.0 Å². The summed E-state index contributed by atoms with van der Waals surface area (Å²) in [5.41, 5.74) is 10.7. The summed E-state index contributed by atoms with van der Waals surface area (Å²) in [6.45, 7) is 20.7. The number of aromatic nitrogens is 9. The molecule has 6 aromatic heterocycles. The van der Waals surface area contributed by atoms with Crippen LogP contribution in [0.2, 0.25) is 0 Å². The molecular formula is C83H86F3N19O8. The van der Waals surface area contributed by atoms with Crippen molar-refractivity contribution >= 4 is 96.3 Å². The zero-order valence-corrected chi connectivity index (χ0v) is 63.1. The fourth-order valence-corrected chi connectivity index (χ4v) is 14.2. The molecule has 3 amide bonds. The largest absolute Gasteiger partial charge is 0.435 e. The number of halogens is 3. The standard InChI is InChI=1S/C29H32FN7O2.2C27H27FN6O3/c1-19-16-22-23(33-19)8-9-24(26(22)30)39-28-25(29(38)37-10-3-11-37)27(31-18-32-28)34-21-6-4-20(5-7-21)17-36-14-12-35(2)13-15-36;1-17-15-20-21(31-17)7-8-22(24(20)28)37-26-23(27(35)34-9-2-10-34)25(29-16-30-26)32-18-3-5-19(6-4-18)33-11-13-36-14-12-33;1-17-14-20-21(31-17)6-7-22(24(20)28)37-26-23(27(35)34-8-3-9-34)25(29-16-30-26)32-18-4-2-5-19(15-18)33-10-12-36-13-11-33/h4-9,16,18,33H,3,10-15,17H2,1-2H3,(H,31,32,34);3-8,15-16,31H,2,9-14H2,1H3,(H,29,30,32);2,4-7,14-16,31H,3,8-13H2,1H3,(H,29,30,32). The molecule has 0 atom stereocenters. The number of rotatable bonds is 19. The van der Waals surface area contributed by atoms with E-state index in [1.54, 1.807) is 57.2 Å². The van der Waals surface area contributed by atoms with E-state index in [0.29, 0.717) is 116 Å². The molecule has 0 saturated carbocycles. The molecule has 0 unspecified atom stereocenters. The summed E-state index contributed by atoms with van der Waals surface area (Å²) in [5.74, 6) is -1.37. The van der Waals surface area contributed by atoms with Crippen molar-refractivity contribution in [3.63, 3.8) is 0 Å². The van der Waals surface area contributed by atoms with Gasteiger partial charge in [0.2, 0.25) is 17.6 Å². The predicted octanol–water partition coefficient (Wildman–Crippen LogP) is 13.8. The van der Waals surface area contributed by atoms with Crippen molar-refractivity contribution < 1.29 is 51.2 Å². The third-order valence-electron chi connectivity index (χ3n) is 20.9. The Labute approximate surface area is 649 Å². The highest BCUT2D eigenvalue weighted by atomic mass is 19.1. The molecule has 113 heavy (non-hydrogen) atoms. The van der Waals surface area contributed by atoms with E-state index in [2.05, 4.69) is 99.6 Å². The van der Waals surface area contributed by atoms with Crippen molar-refractivity contribution in [3.05, 3.63) is 203 Å². The molecule has 582 valence electrons. The molecule has 6 aliphatic heterocycles. The molecule has 6 aromatic carbocycles. The molecule has 30 heteroatoms. The minimum atomic E-state index is -0.518. The molecule has 12 heterocycles. The number of benzene rings is 6. The molecule has 6 fully saturated rings. The molecule has 0 bridgehead atoms. The smallest absolute Gasteiger partial charge is 0.263 e. The summed E-state index contributed by atoms with van der Waals surface area (Å²) in [7, 11) is 2.15. The second-order valence-corrected chi connectivity index (χ2v) is 28.8. The third kappa shape index (κ3) is 16.7. The lowest BCUT2D eigenvalue weighted by Gasteiger charge is -2.32. The van der Waals surface area contributed by atoms with E-state index in [1.165, 1.54) is 36.7 Å². The normalized spacial score (nSPS) is 15.8. The first-order valence-corrected chi connectivity index (χ1v) is 38.0. The number of carbonyl (C=O) groups is 3. The maximum atomic E-state index is 15.3. The molecule has 6 aliphatic rings. The molecule has 0 spiro atoms. The van der Waals surface area contributed by atoms with Crippen molar-refractivity contribution in [2.75, 3.05) is 151 Å². The van der Waals surface area contributed by atoms with Crippen LogP contribution >= 0.6 is 0 Å². The fourth-order valence-electron chi connectivity index (χ4n) is 14.2. The SMILES string of the molecule is Cc1cc2c(F)c(Oc3ncnc(Nc4ccc(CN5CCN(C)CC5)cc4)c3C(=O)N3CCC3)ccc2[nH]1.Cc1cc2c(F)c(Oc3ncnc(Nc4ccc(N5CCOCC5)cc4)c3C(=O)N3CCC3)ccc2[nH]1.Cc1cc2c(F)c(Oc3ncnc(Nc4cccc(N5CCOCC5)c4)c3C(=O)N3CCC3)ccc2[nH]1. The number of piperazine rings is 1. The van der Waals surface area contributed by atoms with Gasteiger partial charge in [0.1, 0.15) is 35.7 Å². The van der Waals surface area contributed by atoms with Crippen LogP contribution in [0.15, 0.2) is 146 Å². The molecule has 6 saturated heterocycles. The van der Waals surface area contributed by atoms with E-state index in [-0.39, 0.29) is 69.3 Å². The van der Waals surface area contributed by atoms with Crippen molar-refractivity contribution in [3.8, 4) is 34.9 Å². The number of likely N-dealkylation sites (N-methyl/N-ethyl adjacent to an activating group) is 1. The summed E-state index contributed by atoms with van der Waals surface area (Å²) in [5, 5.41) is 11.0. The summed E-state index contributed by atoms with van der Waals surface area (Å²) >= 11 is 0. The Bertz CT molecular complexity index is 5460. The predicted molar refractivity (Wildman–Crippen MR) is 425 cm³/mol. The third-order valence-corrected chi connectivity index (χ3v) is 20.9. The summed E-state index contributed by atoms with van der Waals surface area (Å²) in [4.78, 5) is 89.9. The van der Waals surface area contributed by atoms with Crippen LogP contribution in [-0.2, 0) is 16.0 Å². The highest BCUT2D eigenvalue weighted by Crippen LogP contribution is 2.40. The van der Waals surface area contributed by atoms with Crippen molar-refractivity contribution in [1.82, 2.24) is 69.4 Å². The Morgan fingerprint density at radius 2 is 0.788 bits per heavy atom. The van der Waals surface area contributed by atoms with Gasteiger partial charge in [0.05, 0.1) is 26.4 Å². The molecule has 18 rings (SSSR count). The topological polar surface area (TPSA) is 281 Å². The van der Waals surface area contributed by atoms with E-state index in [9.17, 15) is 14.4 Å². The quantitative estimate of drug-likeness (QED) is 0.0439. The lowest BCUT2D eigenvalue weighted by Crippen LogP contribution is -2.43. The molecule has 12 aromatic rings. The Kier molecular flexibility index (Phi) is 22.0. The van der Waals surface area contributed by atoms with Gasteiger partial charge >= 0.3 is 0 Å². The van der Waals surface area contributed by atoms with Crippen molar-refractivity contribution in [2.45, 2.75) is 46.6 Å². The Balaban J connectivity index is 0.000000128. The minimum absolute atomic E-state index is 0.00271. The van der Waals surface area contributed by atoms with Crippen LogP contribution in [0.3, 0.4) is 0 Å². The second-order valence-electron chi connectivity index (χ2n) is 28.8. The number of ether oxygens (including phenoxy) is 5. The maximum Gasteiger partial charge on any atom is 0.263 e. The minimum Gasteiger partial charge on any atom is -0.435 e. The summed E-state index contributed by atoms with van der Waals surface area (Å²) < 4.78 is 74.6. The van der Waals surface area contributed by atoms with Crippen molar-refractivity contribution in [1.29, 1.82) is 0 Å². The zero-order valence-electron chi connectivity index (χ0n) is 63.1. The molecule has 0 radical (unpaired) electrons. The molecule has 0 aliphatic carbocycles. The molecule has 27 nitrogen and oxygen atoms in total. The Hall–Kier alpha value is -12.4. The fraction of sp³-hybridized carbons (Fsp3) is 0.313. The number of H-pyrrole nitrogens is 3. The van der Waals surface area contributed by atoms with Gasteiger partial charge in [0, 0.05) is 176 Å². The number of amides is 3. The van der Waals surface area contributed by atoms with Crippen LogP contribution in [0.4, 0.5) is 59.1 Å². The number of hydrogen-bond acceptors (Lipinski definition) is 21. The Morgan fingerprint density at radius 3 is 1.17 bits per heavy atom. The second kappa shape index (κ2) is 33.3. The summed E-state index contributed by atoms with van der Waals surface area (Å²) in [6, 6.07) is 39.0. The van der Waals surface area contributed by atoms with E-state index in [1.807, 2.05) is 81.4 Å². The van der Waals surface area contributed by atoms with Gasteiger partial charge in [-0.1, -0.05) is 18.2 Å². The first-order chi connectivity index (χ1) is 55.1. The number of hydrogen-bond donors (Lipinski definition) is 6. The van der Waals surface area contributed by atoms with Crippen molar-refractivity contribution in [2.24, 2.45) is 0 Å². The highest BCUT2D eigenvalue weighted by Gasteiger charge is 2.34. The zero-order chi connectivity index (χ0) is 77.6. The summed E-state index contributed by atoms with van der Waals surface area (Å²) in [6.07, 6.45) is 6.74. The lowest BCUT2D eigenvalue weighted by molar-refractivity contribution is 0.0641.